The van der Waals surface area contributed by atoms with Gasteiger partial charge in [0.15, 0.2) is 0 Å². The molecule has 0 aromatic carbocycles. The van der Waals surface area contributed by atoms with E-state index >= 15 is 0 Å². The number of fused-ring (bicyclic) bond motifs is 3. The lowest BCUT2D eigenvalue weighted by molar-refractivity contribution is -0.133. The van der Waals surface area contributed by atoms with Gasteiger partial charge in [0.2, 0.25) is 5.91 Å². The first-order valence-corrected chi connectivity index (χ1v) is 9.42. The molecule has 0 radical (unpaired) electrons. The van der Waals surface area contributed by atoms with E-state index < -0.39 is 0 Å². The van der Waals surface area contributed by atoms with Crippen molar-refractivity contribution in [2.24, 2.45) is 0 Å². The van der Waals surface area contributed by atoms with Gasteiger partial charge in [0.1, 0.15) is 11.6 Å². The molecule has 2 bridgehead atoms. The van der Waals surface area contributed by atoms with Gasteiger partial charge in [-0.25, -0.2) is 0 Å². The Bertz CT molecular complexity index is 712. The molecule has 4 heterocycles. The molecule has 7 heteroatoms. The van der Waals surface area contributed by atoms with Crippen molar-refractivity contribution in [3.8, 4) is 0 Å². The molecule has 0 aliphatic carbocycles. The van der Waals surface area contributed by atoms with Crippen LogP contribution in [0.25, 0.3) is 0 Å². The van der Waals surface area contributed by atoms with Crippen molar-refractivity contribution in [2.45, 2.75) is 50.7 Å². The second-order valence-corrected chi connectivity index (χ2v) is 7.36. The standard InChI is InChI=1S/C17H22N4O2S/c1-23-6-4-15-18-19-16-9-13-2-3-14(10-20(15)16)21(13)17(22)8-12-5-7-24-11-12/h5,7,11,13-14H,2-4,6,8-10H2,1H3. The molecule has 0 saturated carbocycles. The largest absolute Gasteiger partial charge is 0.384 e. The molecule has 1 fully saturated rings. The van der Waals surface area contributed by atoms with Crippen LogP contribution in [0.2, 0.25) is 0 Å². The third-order valence-electron chi connectivity index (χ3n) is 5.09. The highest BCUT2D eigenvalue weighted by atomic mass is 32.1. The fraction of sp³-hybridized carbons (Fsp3) is 0.588. The van der Waals surface area contributed by atoms with E-state index in [2.05, 4.69) is 25.0 Å². The zero-order valence-corrected chi connectivity index (χ0v) is 14.7. The summed E-state index contributed by atoms with van der Waals surface area (Å²) in [5.41, 5.74) is 1.12. The Hall–Kier alpha value is -1.73. The summed E-state index contributed by atoms with van der Waals surface area (Å²) in [5.74, 6) is 2.24. The number of carbonyl (C=O) groups is 1. The van der Waals surface area contributed by atoms with Crippen molar-refractivity contribution in [3.05, 3.63) is 34.0 Å². The number of thiophene rings is 1. The third kappa shape index (κ3) is 2.86. The minimum Gasteiger partial charge on any atom is -0.384 e. The van der Waals surface area contributed by atoms with Crippen molar-refractivity contribution in [2.75, 3.05) is 13.7 Å². The summed E-state index contributed by atoms with van der Waals surface area (Å²) in [4.78, 5) is 15.0. The third-order valence-corrected chi connectivity index (χ3v) is 5.82. The summed E-state index contributed by atoms with van der Waals surface area (Å²) >= 11 is 1.65. The van der Waals surface area contributed by atoms with Gasteiger partial charge in [-0.3, -0.25) is 4.79 Å². The summed E-state index contributed by atoms with van der Waals surface area (Å²) in [6.45, 7) is 1.46. The first kappa shape index (κ1) is 15.8. The number of carbonyl (C=O) groups excluding carboxylic acids is 1. The van der Waals surface area contributed by atoms with Crippen LogP contribution in [-0.4, -0.2) is 51.4 Å². The Labute approximate surface area is 145 Å². The molecule has 0 spiro atoms. The number of hydrogen-bond acceptors (Lipinski definition) is 5. The highest BCUT2D eigenvalue weighted by molar-refractivity contribution is 7.08. The van der Waals surface area contributed by atoms with E-state index in [9.17, 15) is 4.79 Å². The molecule has 2 unspecified atom stereocenters. The second kappa shape index (κ2) is 6.64. The van der Waals surface area contributed by atoms with E-state index in [-0.39, 0.29) is 18.0 Å². The van der Waals surface area contributed by atoms with Crippen LogP contribution < -0.4 is 0 Å². The van der Waals surface area contributed by atoms with Crippen molar-refractivity contribution >= 4 is 17.2 Å². The van der Waals surface area contributed by atoms with Gasteiger partial charge in [0, 0.05) is 32.5 Å². The summed E-state index contributed by atoms with van der Waals surface area (Å²) < 4.78 is 7.39. The van der Waals surface area contributed by atoms with Gasteiger partial charge >= 0.3 is 0 Å². The van der Waals surface area contributed by atoms with Crippen LogP contribution in [-0.2, 0) is 35.3 Å². The van der Waals surface area contributed by atoms with E-state index in [1.807, 2.05) is 11.4 Å². The zero-order valence-electron chi connectivity index (χ0n) is 13.9. The lowest BCUT2D eigenvalue weighted by atomic mass is 10.1. The predicted molar refractivity (Wildman–Crippen MR) is 91.0 cm³/mol. The minimum absolute atomic E-state index is 0.248. The lowest BCUT2D eigenvalue weighted by Crippen LogP contribution is -2.43. The molecule has 2 aromatic heterocycles. The van der Waals surface area contributed by atoms with Crippen LogP contribution in [0.3, 0.4) is 0 Å². The monoisotopic (exact) mass is 346 g/mol. The number of nitrogens with zero attached hydrogens (tertiary/aromatic N) is 4. The fourth-order valence-corrected chi connectivity index (χ4v) is 4.61. The van der Waals surface area contributed by atoms with Crippen LogP contribution in [0, 0.1) is 0 Å². The van der Waals surface area contributed by atoms with E-state index in [4.69, 9.17) is 4.74 Å². The number of ether oxygens (including phenoxy) is 1. The number of methoxy groups -OCH3 is 1. The molecule has 4 rings (SSSR count). The maximum Gasteiger partial charge on any atom is 0.227 e. The van der Waals surface area contributed by atoms with Gasteiger partial charge in [0.05, 0.1) is 19.1 Å². The quantitative estimate of drug-likeness (QED) is 0.827. The summed E-state index contributed by atoms with van der Waals surface area (Å²) in [5, 5.41) is 12.8. The Morgan fingerprint density at radius 2 is 2.25 bits per heavy atom. The topological polar surface area (TPSA) is 60.3 Å². The molecule has 0 N–H and O–H groups in total. The van der Waals surface area contributed by atoms with Crippen molar-refractivity contribution in [3.63, 3.8) is 0 Å². The molecular weight excluding hydrogens is 324 g/mol. The lowest BCUT2D eigenvalue weighted by Gasteiger charge is -2.28. The minimum atomic E-state index is 0.248. The van der Waals surface area contributed by atoms with E-state index in [1.54, 1.807) is 18.4 Å². The van der Waals surface area contributed by atoms with Gasteiger partial charge < -0.3 is 14.2 Å². The van der Waals surface area contributed by atoms with Crippen LogP contribution in [0.1, 0.15) is 30.1 Å². The molecule has 6 nitrogen and oxygen atoms in total. The van der Waals surface area contributed by atoms with E-state index in [0.29, 0.717) is 13.0 Å². The van der Waals surface area contributed by atoms with Gasteiger partial charge in [-0.2, -0.15) is 11.3 Å². The Morgan fingerprint density at radius 3 is 3.04 bits per heavy atom. The van der Waals surface area contributed by atoms with Crippen molar-refractivity contribution in [1.82, 2.24) is 19.7 Å². The molecule has 2 aromatic rings. The number of amides is 1. The Balaban J connectivity index is 1.53. The van der Waals surface area contributed by atoms with E-state index in [1.165, 1.54) is 0 Å². The van der Waals surface area contributed by atoms with Crippen LogP contribution in [0.4, 0.5) is 0 Å². The van der Waals surface area contributed by atoms with Gasteiger partial charge in [-0.15, -0.1) is 10.2 Å². The number of rotatable bonds is 5. The normalized spacial score (nSPS) is 22.5. The molecule has 128 valence electrons. The average molecular weight is 346 g/mol. The van der Waals surface area contributed by atoms with Crippen molar-refractivity contribution in [1.29, 1.82) is 0 Å². The molecule has 2 aliphatic rings. The summed E-state index contributed by atoms with van der Waals surface area (Å²) in [7, 11) is 1.70. The van der Waals surface area contributed by atoms with Gasteiger partial charge in [-0.1, -0.05) is 0 Å². The molecular formula is C17H22N4O2S. The molecule has 2 atom stereocenters. The second-order valence-electron chi connectivity index (χ2n) is 6.58. The van der Waals surface area contributed by atoms with Gasteiger partial charge in [0.25, 0.3) is 0 Å². The highest BCUT2D eigenvalue weighted by Crippen LogP contribution is 2.32. The number of aromatic nitrogens is 3. The highest BCUT2D eigenvalue weighted by Gasteiger charge is 2.40. The van der Waals surface area contributed by atoms with Crippen molar-refractivity contribution < 1.29 is 9.53 Å². The maximum atomic E-state index is 12.9. The fourth-order valence-electron chi connectivity index (χ4n) is 3.94. The first-order chi connectivity index (χ1) is 11.8. The van der Waals surface area contributed by atoms with Crippen LogP contribution >= 0.6 is 11.3 Å². The Kier molecular flexibility index (Phi) is 4.37. The SMILES string of the molecule is COCCc1nnc2n1CC1CCC(C2)N1C(=O)Cc1ccsc1. The predicted octanol–water partition coefficient (Wildman–Crippen LogP) is 1.69. The van der Waals surface area contributed by atoms with Gasteiger partial charge in [-0.05, 0) is 35.2 Å². The smallest absolute Gasteiger partial charge is 0.227 e. The summed E-state index contributed by atoms with van der Waals surface area (Å²) in [6.07, 6.45) is 4.23. The molecule has 2 aliphatic heterocycles. The molecule has 1 saturated heterocycles. The molecule has 1 amide bonds. The zero-order chi connectivity index (χ0) is 16.5. The first-order valence-electron chi connectivity index (χ1n) is 8.48. The maximum absolute atomic E-state index is 12.9. The Morgan fingerprint density at radius 1 is 1.38 bits per heavy atom. The average Bonchev–Trinajstić information content (AvgIpc) is 3.26. The molecule has 24 heavy (non-hydrogen) atoms. The summed E-state index contributed by atoms with van der Waals surface area (Å²) in [6, 6.07) is 2.57. The van der Waals surface area contributed by atoms with Crippen LogP contribution in [0.15, 0.2) is 16.8 Å². The number of hydrogen-bond donors (Lipinski definition) is 0. The van der Waals surface area contributed by atoms with E-state index in [0.717, 1.165) is 49.4 Å². The van der Waals surface area contributed by atoms with Crippen LogP contribution in [0.5, 0.6) is 0 Å².